The Balaban J connectivity index is 2.00. The highest BCUT2D eigenvalue weighted by molar-refractivity contribution is 5.35. The Morgan fingerprint density at radius 2 is 1.94 bits per heavy atom. The van der Waals surface area contributed by atoms with Crippen LogP contribution in [-0.2, 0) is 0 Å². The average molecular weight is 247 g/mol. The molecule has 0 spiro atoms. The maximum absolute atomic E-state index is 5.71. The molecular formula is C16H25NO. The fourth-order valence-corrected chi connectivity index (χ4v) is 2.84. The first-order valence-electron chi connectivity index (χ1n) is 7.29. The maximum Gasteiger partial charge on any atom is 0.124 e. The Hall–Kier alpha value is -1.02. The predicted octanol–water partition coefficient (Wildman–Crippen LogP) is 4.07. The summed E-state index contributed by atoms with van der Waals surface area (Å²) >= 11 is 0. The lowest BCUT2D eigenvalue weighted by molar-refractivity contribution is 0.319. The average Bonchev–Trinajstić information content (AvgIpc) is 2.41. The first-order chi connectivity index (χ1) is 8.81. The quantitative estimate of drug-likeness (QED) is 0.847. The fourth-order valence-electron chi connectivity index (χ4n) is 2.84. The van der Waals surface area contributed by atoms with E-state index in [2.05, 4.69) is 30.4 Å². The van der Waals surface area contributed by atoms with Crippen molar-refractivity contribution in [3.8, 4) is 5.75 Å². The molecule has 1 aromatic carbocycles. The van der Waals surface area contributed by atoms with E-state index in [1.165, 1.54) is 37.7 Å². The molecule has 0 aliphatic heterocycles. The van der Waals surface area contributed by atoms with Gasteiger partial charge in [-0.15, -0.1) is 0 Å². The Bertz CT molecular complexity index is 358. The van der Waals surface area contributed by atoms with Crippen molar-refractivity contribution >= 4 is 0 Å². The second-order valence-corrected chi connectivity index (χ2v) is 5.19. The van der Waals surface area contributed by atoms with E-state index in [0.717, 1.165) is 12.4 Å². The van der Waals surface area contributed by atoms with Gasteiger partial charge in [-0.1, -0.05) is 37.5 Å². The van der Waals surface area contributed by atoms with Gasteiger partial charge in [0, 0.05) is 17.6 Å². The van der Waals surface area contributed by atoms with Crippen molar-refractivity contribution in [1.82, 2.24) is 5.32 Å². The molecule has 1 aliphatic carbocycles. The van der Waals surface area contributed by atoms with Crippen molar-refractivity contribution < 1.29 is 4.74 Å². The van der Waals surface area contributed by atoms with E-state index in [1.54, 1.807) is 0 Å². The van der Waals surface area contributed by atoms with Gasteiger partial charge in [0.05, 0.1) is 6.61 Å². The Labute approximate surface area is 111 Å². The van der Waals surface area contributed by atoms with Crippen LogP contribution in [0.25, 0.3) is 0 Å². The molecule has 1 aromatic rings. The normalized spacial score (nSPS) is 18.6. The van der Waals surface area contributed by atoms with Gasteiger partial charge in [0.1, 0.15) is 5.75 Å². The lowest BCUT2D eigenvalue weighted by Gasteiger charge is -2.27. The number of para-hydroxylation sites is 1. The molecule has 2 heteroatoms. The summed E-state index contributed by atoms with van der Waals surface area (Å²) < 4.78 is 5.71. The fraction of sp³-hybridized carbons (Fsp3) is 0.625. The van der Waals surface area contributed by atoms with Gasteiger partial charge in [-0.2, -0.15) is 0 Å². The van der Waals surface area contributed by atoms with Gasteiger partial charge in [0.2, 0.25) is 0 Å². The Kier molecular flexibility index (Phi) is 5.06. The van der Waals surface area contributed by atoms with Crippen molar-refractivity contribution in [1.29, 1.82) is 0 Å². The summed E-state index contributed by atoms with van der Waals surface area (Å²) in [6.07, 6.45) is 6.79. The zero-order chi connectivity index (χ0) is 12.8. The van der Waals surface area contributed by atoms with E-state index >= 15 is 0 Å². The van der Waals surface area contributed by atoms with E-state index < -0.39 is 0 Å². The van der Waals surface area contributed by atoms with Crippen LogP contribution in [0.15, 0.2) is 24.3 Å². The molecule has 0 aromatic heterocycles. The standard InChI is InChI=1S/C16H25NO/c1-3-18-16-12-8-7-11-15(16)13(2)17-14-9-5-4-6-10-14/h7-8,11-14,17H,3-6,9-10H2,1-2H3. The van der Waals surface area contributed by atoms with E-state index in [9.17, 15) is 0 Å². The van der Waals surface area contributed by atoms with Crippen molar-refractivity contribution in [2.45, 2.75) is 58.0 Å². The molecule has 0 radical (unpaired) electrons. The number of nitrogens with one attached hydrogen (secondary N) is 1. The summed E-state index contributed by atoms with van der Waals surface area (Å²) in [5.74, 6) is 1.02. The third kappa shape index (κ3) is 3.49. The summed E-state index contributed by atoms with van der Waals surface area (Å²) in [6, 6.07) is 9.43. The topological polar surface area (TPSA) is 21.3 Å². The van der Waals surface area contributed by atoms with Crippen molar-refractivity contribution in [2.24, 2.45) is 0 Å². The number of hydrogen-bond donors (Lipinski definition) is 1. The van der Waals surface area contributed by atoms with E-state index in [1.807, 2.05) is 13.0 Å². The minimum atomic E-state index is 0.371. The first kappa shape index (κ1) is 13.4. The largest absolute Gasteiger partial charge is 0.494 e. The summed E-state index contributed by atoms with van der Waals surface area (Å²) in [5.41, 5.74) is 1.28. The molecule has 2 rings (SSSR count). The second-order valence-electron chi connectivity index (χ2n) is 5.19. The minimum Gasteiger partial charge on any atom is -0.494 e. The van der Waals surface area contributed by atoms with E-state index in [4.69, 9.17) is 4.74 Å². The van der Waals surface area contributed by atoms with Crippen LogP contribution in [0.4, 0.5) is 0 Å². The van der Waals surface area contributed by atoms with Gasteiger partial charge < -0.3 is 10.1 Å². The molecule has 1 N–H and O–H groups in total. The first-order valence-corrected chi connectivity index (χ1v) is 7.29. The van der Waals surface area contributed by atoms with Crippen LogP contribution < -0.4 is 10.1 Å². The molecule has 1 aliphatic rings. The van der Waals surface area contributed by atoms with Crippen LogP contribution in [0, 0.1) is 0 Å². The van der Waals surface area contributed by atoms with Crippen LogP contribution in [-0.4, -0.2) is 12.6 Å². The smallest absolute Gasteiger partial charge is 0.124 e. The molecule has 100 valence electrons. The molecule has 0 heterocycles. The minimum absolute atomic E-state index is 0.371. The molecule has 0 bridgehead atoms. The van der Waals surface area contributed by atoms with Crippen LogP contribution in [0.3, 0.4) is 0 Å². The zero-order valence-corrected chi connectivity index (χ0v) is 11.6. The number of hydrogen-bond acceptors (Lipinski definition) is 2. The van der Waals surface area contributed by atoms with Crippen molar-refractivity contribution in [3.63, 3.8) is 0 Å². The Morgan fingerprint density at radius 3 is 2.67 bits per heavy atom. The lowest BCUT2D eigenvalue weighted by Crippen LogP contribution is -2.33. The molecule has 0 saturated heterocycles. The van der Waals surface area contributed by atoms with Crippen molar-refractivity contribution in [2.75, 3.05) is 6.61 Å². The molecule has 2 nitrogen and oxygen atoms in total. The van der Waals surface area contributed by atoms with Crippen LogP contribution >= 0.6 is 0 Å². The lowest BCUT2D eigenvalue weighted by atomic mass is 9.94. The third-order valence-corrected chi connectivity index (χ3v) is 3.78. The molecule has 1 atom stereocenters. The number of benzene rings is 1. The van der Waals surface area contributed by atoms with Crippen molar-refractivity contribution in [3.05, 3.63) is 29.8 Å². The molecule has 18 heavy (non-hydrogen) atoms. The predicted molar refractivity (Wildman–Crippen MR) is 76.0 cm³/mol. The highest BCUT2D eigenvalue weighted by Gasteiger charge is 2.18. The summed E-state index contributed by atoms with van der Waals surface area (Å²) in [7, 11) is 0. The maximum atomic E-state index is 5.71. The summed E-state index contributed by atoms with van der Waals surface area (Å²) in [5, 5.41) is 3.75. The number of rotatable bonds is 5. The summed E-state index contributed by atoms with van der Waals surface area (Å²) in [6.45, 7) is 5.01. The third-order valence-electron chi connectivity index (χ3n) is 3.78. The van der Waals surface area contributed by atoms with E-state index in [-0.39, 0.29) is 0 Å². The molecule has 0 amide bonds. The second kappa shape index (κ2) is 6.79. The van der Waals surface area contributed by atoms with E-state index in [0.29, 0.717) is 12.1 Å². The SMILES string of the molecule is CCOc1ccccc1C(C)NC1CCCCC1. The molecule has 1 saturated carbocycles. The van der Waals surface area contributed by atoms with Gasteiger partial charge in [0.25, 0.3) is 0 Å². The summed E-state index contributed by atoms with van der Waals surface area (Å²) in [4.78, 5) is 0. The van der Waals surface area contributed by atoms with Gasteiger partial charge in [0.15, 0.2) is 0 Å². The monoisotopic (exact) mass is 247 g/mol. The number of ether oxygens (including phenoxy) is 1. The van der Waals surface area contributed by atoms with Crippen LogP contribution in [0.2, 0.25) is 0 Å². The van der Waals surface area contributed by atoms with Crippen LogP contribution in [0.1, 0.15) is 57.6 Å². The van der Waals surface area contributed by atoms with Gasteiger partial charge in [-0.05, 0) is 32.8 Å². The molecular weight excluding hydrogens is 222 g/mol. The Morgan fingerprint density at radius 1 is 1.22 bits per heavy atom. The zero-order valence-electron chi connectivity index (χ0n) is 11.6. The molecule has 1 fully saturated rings. The highest BCUT2D eigenvalue weighted by atomic mass is 16.5. The highest BCUT2D eigenvalue weighted by Crippen LogP contribution is 2.27. The molecule has 1 unspecified atom stereocenters. The van der Waals surface area contributed by atoms with Gasteiger partial charge >= 0.3 is 0 Å². The van der Waals surface area contributed by atoms with Gasteiger partial charge in [-0.3, -0.25) is 0 Å². The van der Waals surface area contributed by atoms with Gasteiger partial charge in [-0.25, -0.2) is 0 Å². The van der Waals surface area contributed by atoms with Crippen LogP contribution in [0.5, 0.6) is 5.75 Å².